The van der Waals surface area contributed by atoms with E-state index >= 15 is 0 Å². The number of hydrogen-bond donors (Lipinski definition) is 2. The lowest BCUT2D eigenvalue weighted by atomic mass is 10.1. The summed E-state index contributed by atoms with van der Waals surface area (Å²) in [6.07, 6.45) is 0. The van der Waals surface area contributed by atoms with E-state index in [4.69, 9.17) is 4.74 Å². The number of hydrogen-bond acceptors (Lipinski definition) is 5. The number of aryl methyl sites for hydroxylation is 3. The largest absolute Gasteiger partial charge is 0.383 e. The van der Waals surface area contributed by atoms with E-state index in [1.54, 1.807) is 7.11 Å². The van der Waals surface area contributed by atoms with Crippen molar-refractivity contribution in [2.75, 3.05) is 30.9 Å². The molecule has 2 aromatic rings. The van der Waals surface area contributed by atoms with Gasteiger partial charge in [-0.25, -0.2) is 4.98 Å². The van der Waals surface area contributed by atoms with Crippen LogP contribution in [0.2, 0.25) is 0 Å². The Morgan fingerprint density at radius 1 is 1.10 bits per heavy atom. The highest BCUT2D eigenvalue weighted by Gasteiger charge is 2.04. The number of methoxy groups -OCH3 is 1. The number of benzene rings is 1. The molecule has 0 bridgehead atoms. The fourth-order valence-corrected chi connectivity index (χ4v) is 1.99. The molecule has 0 fully saturated rings. The summed E-state index contributed by atoms with van der Waals surface area (Å²) in [6, 6.07) is 8.25. The molecule has 1 aromatic heterocycles. The lowest BCUT2D eigenvalue weighted by Crippen LogP contribution is -2.11. The summed E-state index contributed by atoms with van der Waals surface area (Å²) in [6.45, 7) is 7.42. The van der Waals surface area contributed by atoms with E-state index in [-0.39, 0.29) is 0 Å². The Morgan fingerprint density at radius 2 is 1.90 bits per heavy atom. The molecule has 0 radical (unpaired) electrons. The first kappa shape index (κ1) is 15.3. The second-order valence-electron chi connectivity index (χ2n) is 5.08. The predicted octanol–water partition coefficient (Wildman–Crippen LogP) is 3.20. The molecule has 1 aromatic carbocycles. The summed E-state index contributed by atoms with van der Waals surface area (Å²) in [5.41, 5.74) is 4.38. The zero-order valence-electron chi connectivity index (χ0n) is 13.0. The van der Waals surface area contributed by atoms with Crippen molar-refractivity contribution in [1.29, 1.82) is 0 Å². The molecule has 21 heavy (non-hydrogen) atoms. The minimum atomic E-state index is 0.611. The minimum Gasteiger partial charge on any atom is -0.383 e. The lowest BCUT2D eigenvalue weighted by Gasteiger charge is -2.12. The number of rotatable bonds is 6. The summed E-state index contributed by atoms with van der Waals surface area (Å²) in [5.74, 6) is 1.40. The van der Waals surface area contributed by atoms with Crippen molar-refractivity contribution < 1.29 is 4.74 Å². The highest BCUT2D eigenvalue weighted by atomic mass is 16.5. The summed E-state index contributed by atoms with van der Waals surface area (Å²) < 4.78 is 5.01. The van der Waals surface area contributed by atoms with Gasteiger partial charge in [0.15, 0.2) is 0 Å². The van der Waals surface area contributed by atoms with Gasteiger partial charge in [0.2, 0.25) is 5.95 Å². The van der Waals surface area contributed by atoms with Gasteiger partial charge in [0.25, 0.3) is 0 Å². The monoisotopic (exact) mass is 286 g/mol. The molecular formula is C16H22N4O. The van der Waals surface area contributed by atoms with Gasteiger partial charge in [0, 0.05) is 31.1 Å². The van der Waals surface area contributed by atoms with E-state index in [2.05, 4.69) is 52.6 Å². The molecule has 1 heterocycles. The van der Waals surface area contributed by atoms with Crippen LogP contribution in [0, 0.1) is 20.8 Å². The van der Waals surface area contributed by atoms with Gasteiger partial charge in [-0.05, 0) is 38.0 Å². The van der Waals surface area contributed by atoms with E-state index < -0.39 is 0 Å². The van der Waals surface area contributed by atoms with Crippen molar-refractivity contribution in [1.82, 2.24) is 9.97 Å². The number of aromatic nitrogens is 2. The normalized spacial score (nSPS) is 10.5. The van der Waals surface area contributed by atoms with Crippen LogP contribution in [0.15, 0.2) is 24.3 Å². The van der Waals surface area contributed by atoms with Crippen LogP contribution < -0.4 is 10.6 Å². The van der Waals surface area contributed by atoms with Crippen molar-refractivity contribution in [3.63, 3.8) is 0 Å². The third kappa shape index (κ3) is 4.43. The SMILES string of the molecule is COCCNc1nc(C)cc(Nc2cc(C)ccc2C)n1. The molecule has 0 saturated heterocycles. The van der Waals surface area contributed by atoms with Crippen molar-refractivity contribution in [3.05, 3.63) is 41.1 Å². The molecule has 0 atom stereocenters. The molecule has 0 amide bonds. The lowest BCUT2D eigenvalue weighted by molar-refractivity contribution is 0.210. The first-order valence-electron chi connectivity index (χ1n) is 7.01. The van der Waals surface area contributed by atoms with Crippen molar-refractivity contribution in [3.8, 4) is 0 Å². The Hall–Kier alpha value is -2.14. The first-order chi connectivity index (χ1) is 10.1. The molecule has 0 aliphatic carbocycles. The Labute approximate surface area is 125 Å². The van der Waals surface area contributed by atoms with Gasteiger partial charge in [-0.15, -0.1) is 0 Å². The number of ether oxygens (including phenoxy) is 1. The number of anilines is 3. The second kappa shape index (κ2) is 7.04. The van der Waals surface area contributed by atoms with Gasteiger partial charge in [-0.3, -0.25) is 0 Å². The Bertz CT molecular complexity index is 613. The van der Waals surface area contributed by atoms with Crippen LogP contribution in [0.3, 0.4) is 0 Å². The van der Waals surface area contributed by atoms with E-state index in [9.17, 15) is 0 Å². The third-order valence-corrected chi connectivity index (χ3v) is 3.10. The molecule has 112 valence electrons. The van der Waals surface area contributed by atoms with Gasteiger partial charge in [0.05, 0.1) is 6.61 Å². The van der Waals surface area contributed by atoms with Crippen LogP contribution in [-0.2, 0) is 4.74 Å². The van der Waals surface area contributed by atoms with Crippen LogP contribution in [0.25, 0.3) is 0 Å². The van der Waals surface area contributed by atoms with Crippen LogP contribution in [0.5, 0.6) is 0 Å². The molecular weight excluding hydrogens is 264 g/mol. The quantitative estimate of drug-likeness (QED) is 0.799. The summed E-state index contributed by atoms with van der Waals surface area (Å²) >= 11 is 0. The maximum atomic E-state index is 5.01. The number of nitrogens with zero attached hydrogens (tertiary/aromatic N) is 2. The van der Waals surface area contributed by atoms with Crippen LogP contribution >= 0.6 is 0 Å². The van der Waals surface area contributed by atoms with Gasteiger partial charge in [-0.2, -0.15) is 4.98 Å². The van der Waals surface area contributed by atoms with Crippen LogP contribution in [-0.4, -0.2) is 30.2 Å². The van der Waals surface area contributed by atoms with Crippen molar-refractivity contribution in [2.45, 2.75) is 20.8 Å². The topological polar surface area (TPSA) is 59.1 Å². The van der Waals surface area contributed by atoms with Crippen LogP contribution in [0.1, 0.15) is 16.8 Å². The van der Waals surface area contributed by atoms with Gasteiger partial charge >= 0.3 is 0 Å². The standard InChI is InChI=1S/C16H22N4O/c1-11-5-6-12(2)14(9-11)19-15-10-13(3)18-16(20-15)17-7-8-21-4/h5-6,9-10H,7-8H2,1-4H3,(H2,17,18,19,20). The fourth-order valence-electron chi connectivity index (χ4n) is 1.99. The fraction of sp³-hybridized carbons (Fsp3) is 0.375. The smallest absolute Gasteiger partial charge is 0.224 e. The van der Waals surface area contributed by atoms with E-state index in [1.807, 2.05) is 13.0 Å². The molecule has 0 spiro atoms. The third-order valence-electron chi connectivity index (χ3n) is 3.10. The number of nitrogens with one attached hydrogen (secondary N) is 2. The summed E-state index contributed by atoms with van der Waals surface area (Å²) in [4.78, 5) is 8.85. The zero-order chi connectivity index (χ0) is 15.2. The molecule has 2 N–H and O–H groups in total. The molecule has 2 rings (SSSR count). The second-order valence-corrected chi connectivity index (χ2v) is 5.08. The van der Waals surface area contributed by atoms with E-state index in [1.165, 1.54) is 11.1 Å². The van der Waals surface area contributed by atoms with Crippen molar-refractivity contribution >= 4 is 17.5 Å². The molecule has 0 aliphatic rings. The first-order valence-corrected chi connectivity index (χ1v) is 7.01. The maximum Gasteiger partial charge on any atom is 0.224 e. The maximum absolute atomic E-state index is 5.01. The Balaban J connectivity index is 2.17. The molecule has 5 nitrogen and oxygen atoms in total. The van der Waals surface area contributed by atoms with E-state index in [0.717, 1.165) is 17.2 Å². The Kier molecular flexibility index (Phi) is 5.11. The van der Waals surface area contributed by atoms with Crippen molar-refractivity contribution in [2.24, 2.45) is 0 Å². The minimum absolute atomic E-state index is 0.611. The van der Waals surface area contributed by atoms with E-state index in [0.29, 0.717) is 19.1 Å². The summed E-state index contributed by atoms with van der Waals surface area (Å²) in [7, 11) is 1.67. The molecule has 5 heteroatoms. The van der Waals surface area contributed by atoms with Gasteiger partial charge < -0.3 is 15.4 Å². The molecule has 0 saturated carbocycles. The summed E-state index contributed by atoms with van der Waals surface area (Å²) in [5, 5.41) is 6.51. The molecule has 0 aliphatic heterocycles. The predicted molar refractivity (Wildman–Crippen MR) is 86.3 cm³/mol. The average molecular weight is 286 g/mol. The van der Waals surface area contributed by atoms with Crippen LogP contribution in [0.4, 0.5) is 17.5 Å². The highest BCUT2D eigenvalue weighted by molar-refractivity contribution is 5.62. The Morgan fingerprint density at radius 3 is 2.67 bits per heavy atom. The van der Waals surface area contributed by atoms with Gasteiger partial charge in [-0.1, -0.05) is 12.1 Å². The highest BCUT2D eigenvalue weighted by Crippen LogP contribution is 2.21. The average Bonchev–Trinajstić information content (AvgIpc) is 2.43. The van der Waals surface area contributed by atoms with Gasteiger partial charge in [0.1, 0.15) is 5.82 Å². The molecule has 0 unspecified atom stereocenters. The zero-order valence-corrected chi connectivity index (χ0v) is 13.0.